The molecule has 2 fully saturated rings. The standard InChI is InChI=1S/C6H10N2O/c9-6-1-4-2-7-3-5(4)8-6/h4-5,7H,1-3H2,(H,8,9). The molecule has 0 spiro atoms. The van der Waals surface area contributed by atoms with Gasteiger partial charge in [0, 0.05) is 31.5 Å². The van der Waals surface area contributed by atoms with Crippen LogP contribution < -0.4 is 10.6 Å². The predicted octanol–water partition coefficient (Wildman–Crippen LogP) is -0.906. The van der Waals surface area contributed by atoms with Crippen LogP contribution in [0.3, 0.4) is 0 Å². The van der Waals surface area contributed by atoms with Gasteiger partial charge in [0.05, 0.1) is 0 Å². The molecule has 1 amide bonds. The fourth-order valence-electron chi connectivity index (χ4n) is 1.62. The topological polar surface area (TPSA) is 41.1 Å². The summed E-state index contributed by atoms with van der Waals surface area (Å²) in [6.07, 6.45) is 0.734. The quantitative estimate of drug-likeness (QED) is 0.441. The van der Waals surface area contributed by atoms with Gasteiger partial charge in [-0.05, 0) is 0 Å². The van der Waals surface area contributed by atoms with Crippen LogP contribution in [0.25, 0.3) is 0 Å². The summed E-state index contributed by atoms with van der Waals surface area (Å²) in [5.41, 5.74) is 0. The first kappa shape index (κ1) is 5.23. The Balaban J connectivity index is 2.09. The molecule has 2 rings (SSSR count). The molecule has 0 aromatic heterocycles. The molecule has 2 unspecified atom stereocenters. The first-order valence-corrected chi connectivity index (χ1v) is 3.36. The number of hydrogen-bond donors (Lipinski definition) is 2. The van der Waals surface area contributed by atoms with Crippen LogP contribution in [0, 0.1) is 5.92 Å². The number of fused-ring (bicyclic) bond motifs is 1. The third kappa shape index (κ3) is 0.721. The van der Waals surface area contributed by atoms with Crippen LogP contribution in [0.1, 0.15) is 6.42 Å². The highest BCUT2D eigenvalue weighted by Crippen LogP contribution is 2.18. The van der Waals surface area contributed by atoms with Crippen molar-refractivity contribution in [2.75, 3.05) is 13.1 Å². The Morgan fingerprint density at radius 2 is 2.33 bits per heavy atom. The van der Waals surface area contributed by atoms with Gasteiger partial charge in [0.25, 0.3) is 0 Å². The first-order valence-electron chi connectivity index (χ1n) is 3.36. The monoisotopic (exact) mass is 126 g/mol. The van der Waals surface area contributed by atoms with Crippen molar-refractivity contribution in [2.45, 2.75) is 12.5 Å². The minimum Gasteiger partial charge on any atom is -0.352 e. The van der Waals surface area contributed by atoms with E-state index in [9.17, 15) is 4.79 Å². The van der Waals surface area contributed by atoms with E-state index in [1.165, 1.54) is 0 Å². The lowest BCUT2D eigenvalue weighted by atomic mass is 10.1. The molecule has 3 nitrogen and oxygen atoms in total. The van der Waals surface area contributed by atoms with Crippen LogP contribution >= 0.6 is 0 Å². The Morgan fingerprint density at radius 1 is 1.44 bits per heavy atom. The van der Waals surface area contributed by atoms with Crippen molar-refractivity contribution in [3.63, 3.8) is 0 Å². The zero-order valence-corrected chi connectivity index (χ0v) is 5.18. The molecule has 0 bridgehead atoms. The second kappa shape index (κ2) is 1.70. The summed E-state index contributed by atoms with van der Waals surface area (Å²) < 4.78 is 0. The fraction of sp³-hybridized carbons (Fsp3) is 0.833. The third-order valence-corrected chi connectivity index (χ3v) is 2.13. The zero-order chi connectivity index (χ0) is 6.27. The Hall–Kier alpha value is -0.570. The molecular formula is C6H10N2O. The van der Waals surface area contributed by atoms with E-state index in [4.69, 9.17) is 0 Å². The lowest BCUT2D eigenvalue weighted by molar-refractivity contribution is -0.119. The normalized spacial score (nSPS) is 40.7. The molecule has 0 aromatic carbocycles. The van der Waals surface area contributed by atoms with Crippen LogP contribution in [-0.2, 0) is 4.79 Å². The van der Waals surface area contributed by atoms with Crippen molar-refractivity contribution in [3.05, 3.63) is 0 Å². The van der Waals surface area contributed by atoms with Gasteiger partial charge in [-0.3, -0.25) is 4.79 Å². The summed E-state index contributed by atoms with van der Waals surface area (Å²) in [5, 5.41) is 6.14. The number of amides is 1. The maximum absolute atomic E-state index is 10.7. The van der Waals surface area contributed by atoms with Crippen molar-refractivity contribution in [3.8, 4) is 0 Å². The van der Waals surface area contributed by atoms with Gasteiger partial charge in [0.2, 0.25) is 5.91 Å². The fourth-order valence-corrected chi connectivity index (χ4v) is 1.62. The predicted molar refractivity (Wildman–Crippen MR) is 32.9 cm³/mol. The second-order valence-electron chi connectivity index (χ2n) is 2.80. The van der Waals surface area contributed by atoms with Crippen LogP contribution in [0.5, 0.6) is 0 Å². The summed E-state index contributed by atoms with van der Waals surface area (Å²) >= 11 is 0. The van der Waals surface area contributed by atoms with Crippen molar-refractivity contribution in [2.24, 2.45) is 5.92 Å². The molecule has 0 saturated carbocycles. The second-order valence-corrected chi connectivity index (χ2v) is 2.80. The van der Waals surface area contributed by atoms with E-state index in [0.717, 1.165) is 19.5 Å². The van der Waals surface area contributed by atoms with Crippen LogP contribution in [-0.4, -0.2) is 25.0 Å². The molecule has 2 aliphatic heterocycles. The van der Waals surface area contributed by atoms with E-state index in [1.807, 2.05) is 0 Å². The van der Waals surface area contributed by atoms with Gasteiger partial charge in [-0.15, -0.1) is 0 Å². The summed E-state index contributed by atoms with van der Waals surface area (Å²) in [6, 6.07) is 0.442. The molecule has 0 aliphatic carbocycles. The largest absolute Gasteiger partial charge is 0.352 e. The van der Waals surface area contributed by atoms with Crippen LogP contribution in [0.15, 0.2) is 0 Å². The molecule has 2 saturated heterocycles. The van der Waals surface area contributed by atoms with Gasteiger partial charge >= 0.3 is 0 Å². The average Bonchev–Trinajstić information content (AvgIpc) is 2.22. The minimum absolute atomic E-state index is 0.228. The molecule has 2 aliphatic rings. The summed E-state index contributed by atoms with van der Waals surface area (Å²) in [6.45, 7) is 1.99. The molecule has 2 N–H and O–H groups in total. The zero-order valence-electron chi connectivity index (χ0n) is 5.18. The lowest BCUT2D eigenvalue weighted by Crippen LogP contribution is -2.30. The summed E-state index contributed by atoms with van der Waals surface area (Å²) in [5.74, 6) is 0.809. The minimum atomic E-state index is 0.228. The molecular weight excluding hydrogens is 116 g/mol. The Labute approximate surface area is 53.8 Å². The highest BCUT2D eigenvalue weighted by molar-refractivity contribution is 5.79. The number of carbonyl (C=O) groups is 1. The SMILES string of the molecule is O=C1CC2CNCC2N1. The van der Waals surface area contributed by atoms with E-state index in [1.54, 1.807) is 0 Å². The molecule has 2 heterocycles. The van der Waals surface area contributed by atoms with E-state index in [2.05, 4.69) is 10.6 Å². The number of rotatable bonds is 0. The first-order chi connectivity index (χ1) is 4.36. The van der Waals surface area contributed by atoms with E-state index in [0.29, 0.717) is 12.0 Å². The molecule has 9 heavy (non-hydrogen) atoms. The van der Waals surface area contributed by atoms with Crippen LogP contribution in [0.4, 0.5) is 0 Å². The number of nitrogens with one attached hydrogen (secondary N) is 2. The van der Waals surface area contributed by atoms with Gasteiger partial charge < -0.3 is 10.6 Å². The van der Waals surface area contributed by atoms with Crippen molar-refractivity contribution >= 4 is 5.91 Å². The van der Waals surface area contributed by atoms with Gasteiger partial charge in [0.15, 0.2) is 0 Å². The van der Waals surface area contributed by atoms with Crippen molar-refractivity contribution in [1.82, 2.24) is 10.6 Å². The molecule has 2 atom stereocenters. The maximum Gasteiger partial charge on any atom is 0.220 e. The van der Waals surface area contributed by atoms with E-state index in [-0.39, 0.29) is 5.91 Å². The maximum atomic E-state index is 10.7. The smallest absolute Gasteiger partial charge is 0.220 e. The number of hydrogen-bond acceptors (Lipinski definition) is 2. The van der Waals surface area contributed by atoms with Gasteiger partial charge in [-0.25, -0.2) is 0 Å². The molecule has 3 heteroatoms. The summed E-state index contributed by atoms with van der Waals surface area (Å²) in [4.78, 5) is 10.7. The Kier molecular flexibility index (Phi) is 0.990. The van der Waals surface area contributed by atoms with E-state index < -0.39 is 0 Å². The van der Waals surface area contributed by atoms with Crippen molar-refractivity contribution < 1.29 is 4.79 Å². The molecule has 50 valence electrons. The average molecular weight is 126 g/mol. The Morgan fingerprint density at radius 3 is 3.11 bits per heavy atom. The lowest BCUT2D eigenvalue weighted by Gasteiger charge is -2.03. The van der Waals surface area contributed by atoms with E-state index >= 15 is 0 Å². The van der Waals surface area contributed by atoms with Gasteiger partial charge in [-0.2, -0.15) is 0 Å². The van der Waals surface area contributed by atoms with Crippen molar-refractivity contribution in [1.29, 1.82) is 0 Å². The third-order valence-electron chi connectivity index (χ3n) is 2.13. The van der Waals surface area contributed by atoms with Crippen LogP contribution in [0.2, 0.25) is 0 Å². The highest BCUT2D eigenvalue weighted by Gasteiger charge is 2.35. The highest BCUT2D eigenvalue weighted by atomic mass is 16.2. The van der Waals surface area contributed by atoms with Gasteiger partial charge in [-0.1, -0.05) is 0 Å². The summed E-state index contributed by atoms with van der Waals surface area (Å²) in [7, 11) is 0. The molecule has 0 aromatic rings. The van der Waals surface area contributed by atoms with Gasteiger partial charge in [0.1, 0.15) is 0 Å². The number of carbonyl (C=O) groups excluding carboxylic acids is 1. The Bertz CT molecular complexity index is 132. The molecule has 0 radical (unpaired) electrons.